The van der Waals surface area contributed by atoms with Crippen LogP contribution in [-0.4, -0.2) is 37.9 Å². The predicted octanol–water partition coefficient (Wildman–Crippen LogP) is 3.28. The van der Waals surface area contributed by atoms with Crippen LogP contribution in [0.1, 0.15) is 11.5 Å². The molecule has 1 fully saturated rings. The summed E-state index contributed by atoms with van der Waals surface area (Å²) >= 11 is 0. The molecular weight excluding hydrogens is 333 g/mol. The minimum atomic E-state index is -0.365. The monoisotopic (exact) mass is 349 g/mol. The fraction of sp³-hybridized carbons (Fsp3) is 0.211. The number of hydrogen-bond acceptors (Lipinski definition) is 4. The first kappa shape index (κ1) is 15.2. The van der Waals surface area contributed by atoms with Crippen molar-refractivity contribution in [3.63, 3.8) is 0 Å². The van der Waals surface area contributed by atoms with Gasteiger partial charge in [-0.15, -0.1) is 0 Å². The zero-order valence-electron chi connectivity index (χ0n) is 14.1. The molecule has 0 radical (unpaired) electrons. The van der Waals surface area contributed by atoms with Gasteiger partial charge in [-0.1, -0.05) is 0 Å². The molecule has 7 heteroatoms. The molecule has 0 aromatic carbocycles. The molecular formula is C19H16FN5O. The van der Waals surface area contributed by atoms with Gasteiger partial charge in [-0.05, 0) is 29.3 Å². The Morgan fingerprint density at radius 2 is 2.08 bits per heavy atom. The Kier molecular flexibility index (Phi) is 3.36. The van der Waals surface area contributed by atoms with Crippen molar-refractivity contribution in [3.05, 3.63) is 54.4 Å². The number of aromatic nitrogens is 5. The van der Waals surface area contributed by atoms with Crippen LogP contribution in [0.25, 0.3) is 33.5 Å². The van der Waals surface area contributed by atoms with Gasteiger partial charge in [0.05, 0.1) is 25.1 Å². The molecule has 1 aliphatic rings. The van der Waals surface area contributed by atoms with Gasteiger partial charge >= 0.3 is 0 Å². The summed E-state index contributed by atoms with van der Waals surface area (Å²) < 4.78 is 20.4. The molecule has 6 nitrogen and oxygen atoms in total. The molecule has 1 aliphatic heterocycles. The maximum Gasteiger partial charge on any atom is 0.141 e. The average molecular weight is 349 g/mol. The van der Waals surface area contributed by atoms with Crippen molar-refractivity contribution in [2.45, 2.75) is 5.92 Å². The normalized spacial score (nSPS) is 14.7. The smallest absolute Gasteiger partial charge is 0.141 e. The van der Waals surface area contributed by atoms with Gasteiger partial charge in [0.1, 0.15) is 17.2 Å². The van der Waals surface area contributed by atoms with Crippen LogP contribution in [0.2, 0.25) is 0 Å². The zero-order chi connectivity index (χ0) is 17.7. The number of hydrogen-bond donors (Lipinski definition) is 1. The first-order valence-corrected chi connectivity index (χ1v) is 8.40. The van der Waals surface area contributed by atoms with E-state index < -0.39 is 0 Å². The molecule has 1 N–H and O–H groups in total. The lowest BCUT2D eigenvalue weighted by Gasteiger charge is -2.26. The summed E-state index contributed by atoms with van der Waals surface area (Å²) in [6.45, 7) is 1.45. The highest BCUT2D eigenvalue weighted by Gasteiger charge is 2.26. The second-order valence-electron chi connectivity index (χ2n) is 6.49. The zero-order valence-corrected chi connectivity index (χ0v) is 14.1. The quantitative estimate of drug-likeness (QED) is 0.616. The second kappa shape index (κ2) is 5.74. The average Bonchev–Trinajstić information content (AvgIpc) is 3.18. The van der Waals surface area contributed by atoms with Gasteiger partial charge in [-0.25, -0.2) is 9.37 Å². The van der Waals surface area contributed by atoms with Crippen molar-refractivity contribution in [2.75, 3.05) is 13.2 Å². The molecule has 130 valence electrons. The van der Waals surface area contributed by atoms with Gasteiger partial charge in [0.25, 0.3) is 0 Å². The maximum absolute atomic E-state index is 13.3. The highest BCUT2D eigenvalue weighted by atomic mass is 19.1. The van der Waals surface area contributed by atoms with E-state index in [9.17, 15) is 4.39 Å². The Balaban J connectivity index is 1.74. The van der Waals surface area contributed by atoms with Gasteiger partial charge < -0.3 is 9.72 Å². The number of nitrogens with one attached hydrogen (secondary N) is 1. The molecule has 0 amide bonds. The third-order valence-electron chi connectivity index (χ3n) is 4.77. The number of aromatic amines is 1. The molecule has 0 saturated carbocycles. The lowest BCUT2D eigenvalue weighted by atomic mass is 9.93. The van der Waals surface area contributed by atoms with Crippen molar-refractivity contribution >= 4 is 11.0 Å². The predicted molar refractivity (Wildman–Crippen MR) is 95.0 cm³/mol. The van der Waals surface area contributed by atoms with Crippen molar-refractivity contribution in [1.29, 1.82) is 0 Å². The first-order chi connectivity index (χ1) is 12.7. The van der Waals surface area contributed by atoms with Crippen molar-refractivity contribution in [1.82, 2.24) is 24.7 Å². The number of H-pyrrole nitrogens is 1. The van der Waals surface area contributed by atoms with E-state index in [0.29, 0.717) is 11.6 Å². The highest BCUT2D eigenvalue weighted by Crippen LogP contribution is 2.39. The molecule has 26 heavy (non-hydrogen) atoms. The van der Waals surface area contributed by atoms with E-state index in [2.05, 4.69) is 20.1 Å². The van der Waals surface area contributed by atoms with E-state index in [-0.39, 0.29) is 5.82 Å². The van der Waals surface area contributed by atoms with E-state index in [1.54, 1.807) is 16.9 Å². The molecule has 5 rings (SSSR count). The molecule has 1 saturated heterocycles. The highest BCUT2D eigenvalue weighted by molar-refractivity contribution is 5.99. The summed E-state index contributed by atoms with van der Waals surface area (Å²) in [5.74, 6) is 0.00574. The third-order valence-corrected chi connectivity index (χ3v) is 4.77. The van der Waals surface area contributed by atoms with Gasteiger partial charge in [0, 0.05) is 42.5 Å². The van der Waals surface area contributed by atoms with Gasteiger partial charge in [0.15, 0.2) is 0 Å². The lowest BCUT2D eigenvalue weighted by Crippen LogP contribution is -2.24. The van der Waals surface area contributed by atoms with Crippen LogP contribution in [0.15, 0.2) is 43.0 Å². The Labute approximate surface area is 148 Å². The van der Waals surface area contributed by atoms with Crippen LogP contribution in [0, 0.1) is 5.82 Å². The van der Waals surface area contributed by atoms with Gasteiger partial charge in [-0.3, -0.25) is 9.67 Å². The summed E-state index contributed by atoms with van der Waals surface area (Å²) in [4.78, 5) is 11.9. The fourth-order valence-electron chi connectivity index (χ4n) is 3.43. The number of aryl methyl sites for hydroxylation is 1. The summed E-state index contributed by atoms with van der Waals surface area (Å²) in [5, 5.41) is 5.64. The molecule has 0 aliphatic carbocycles. The van der Waals surface area contributed by atoms with Crippen LogP contribution in [0.3, 0.4) is 0 Å². The molecule has 0 unspecified atom stereocenters. The summed E-state index contributed by atoms with van der Waals surface area (Å²) in [6.07, 6.45) is 6.97. The van der Waals surface area contributed by atoms with E-state index in [0.717, 1.165) is 41.1 Å². The number of nitrogens with zero attached hydrogens (tertiary/aromatic N) is 4. The topological polar surface area (TPSA) is 68.6 Å². The van der Waals surface area contributed by atoms with Crippen LogP contribution < -0.4 is 0 Å². The van der Waals surface area contributed by atoms with E-state index >= 15 is 0 Å². The maximum atomic E-state index is 13.3. The summed E-state index contributed by atoms with van der Waals surface area (Å²) in [5.41, 5.74) is 5.38. The lowest BCUT2D eigenvalue weighted by molar-refractivity contribution is 0.00901. The largest absolute Gasteiger partial charge is 0.380 e. The minimum Gasteiger partial charge on any atom is -0.380 e. The van der Waals surface area contributed by atoms with Crippen molar-refractivity contribution < 1.29 is 9.13 Å². The number of pyridine rings is 2. The van der Waals surface area contributed by atoms with Crippen molar-refractivity contribution in [3.8, 4) is 22.5 Å². The summed E-state index contributed by atoms with van der Waals surface area (Å²) in [7, 11) is 1.87. The minimum absolute atomic E-state index is 0.365. The second-order valence-corrected chi connectivity index (χ2v) is 6.49. The van der Waals surface area contributed by atoms with Gasteiger partial charge in [0.2, 0.25) is 0 Å². The van der Waals surface area contributed by atoms with E-state index in [1.807, 2.05) is 25.5 Å². The Hall–Kier alpha value is -3.06. The summed E-state index contributed by atoms with van der Waals surface area (Å²) in [6, 6.07) is 5.04. The van der Waals surface area contributed by atoms with Crippen LogP contribution >= 0.6 is 0 Å². The molecule has 0 atom stereocenters. The van der Waals surface area contributed by atoms with E-state index in [1.165, 1.54) is 17.8 Å². The molecule has 5 heterocycles. The van der Waals surface area contributed by atoms with Crippen LogP contribution in [-0.2, 0) is 11.8 Å². The van der Waals surface area contributed by atoms with Crippen LogP contribution in [0.4, 0.5) is 4.39 Å². The van der Waals surface area contributed by atoms with Crippen molar-refractivity contribution in [2.24, 2.45) is 7.05 Å². The van der Waals surface area contributed by atoms with Gasteiger partial charge in [-0.2, -0.15) is 5.10 Å². The molecule has 0 spiro atoms. The Bertz CT molecular complexity index is 1100. The van der Waals surface area contributed by atoms with Crippen LogP contribution in [0.5, 0.6) is 0 Å². The molecule has 4 aromatic rings. The fourth-order valence-corrected chi connectivity index (χ4v) is 3.43. The Morgan fingerprint density at radius 1 is 1.19 bits per heavy atom. The number of ether oxygens (including phenoxy) is 1. The SMILES string of the molecule is Cn1cc(-c2ccnc3[nH]cc(C4COC4)c23)c(-c2ccc(F)cn2)n1. The number of fused-ring (bicyclic) bond motifs is 1. The molecule has 0 bridgehead atoms. The number of rotatable bonds is 3. The standard InChI is InChI=1S/C19H16FN5O/c1-25-8-15(18(24-25)16-3-2-12(20)6-22-16)13-4-5-21-19-17(13)14(7-23-19)11-9-26-10-11/h2-8,11H,9-10H2,1H3,(H,21,23). The first-order valence-electron chi connectivity index (χ1n) is 8.40. The Morgan fingerprint density at radius 3 is 2.81 bits per heavy atom. The third kappa shape index (κ3) is 2.32. The molecule has 4 aromatic heterocycles. The van der Waals surface area contributed by atoms with E-state index in [4.69, 9.17) is 4.74 Å². The number of halogens is 1.